The molecule has 0 aromatic rings. The molecule has 3 amide bonds. The van der Waals surface area contributed by atoms with Crippen molar-refractivity contribution in [2.45, 2.75) is 174 Å². The SMILES string of the molecule is COC1C(C(=O)NC2C(O)OC(CO)C(O)C2O)OC(OC2C(O)C(CO)OC(OC3C(C(=O)[O-])OC(OC4C(O)C(CO)OC(C)C4NC(C)=O)C(O)C3O)C2NC(C)=O)C(O)C1O. The molecule has 25 unspecified atom stereocenters. The summed E-state index contributed by atoms with van der Waals surface area (Å²) in [6, 6.07) is -4.80. The predicted molar refractivity (Wildman–Crippen MR) is 198 cm³/mol. The van der Waals surface area contributed by atoms with Crippen molar-refractivity contribution in [1.82, 2.24) is 16.0 Å². The molecule has 5 fully saturated rings. The zero-order valence-corrected chi connectivity index (χ0v) is 35.1. The van der Waals surface area contributed by atoms with Crippen LogP contribution in [0.2, 0.25) is 0 Å². The lowest BCUT2D eigenvalue weighted by Gasteiger charge is -2.50. The van der Waals surface area contributed by atoms with Crippen molar-refractivity contribution in [2.24, 2.45) is 0 Å². The summed E-state index contributed by atoms with van der Waals surface area (Å²) in [5, 5.41) is 147. The standard InChI is InChI=1S/C36H59N3O26/c1-8-14(37-9(2)43)25(18(46)12(6-41)58-8)61-36-24(52)22(50)28(30(65-36)32(54)55)63-34-16(38-10(3)44)26(19(47)13(7-42)60-34)62-35-23(51)21(49)27(57-4)29(64-35)31(53)39-15-20(48)17(45)11(5-40)59-33(15)56/h8,11-30,33-36,40-42,45-52,56H,5-7H2,1-4H3,(H,37,43)(H,38,44)(H,39,53)(H,54,55)/p-1. The highest BCUT2D eigenvalue weighted by molar-refractivity contribution is 5.82. The van der Waals surface area contributed by atoms with Crippen molar-refractivity contribution in [1.29, 1.82) is 0 Å². The first kappa shape index (κ1) is 53.0. The van der Waals surface area contributed by atoms with Crippen molar-refractivity contribution >= 4 is 23.7 Å². The van der Waals surface area contributed by atoms with Gasteiger partial charge in [-0.05, 0) is 6.92 Å². The van der Waals surface area contributed by atoms with Crippen LogP contribution in [0.1, 0.15) is 20.8 Å². The molecule has 0 radical (unpaired) electrons. The summed E-state index contributed by atoms with van der Waals surface area (Å²) in [5.74, 6) is -4.88. The number of carboxylic acid groups (broad SMARTS) is 1. The Morgan fingerprint density at radius 3 is 1.48 bits per heavy atom. The molecule has 25 atom stereocenters. The van der Waals surface area contributed by atoms with Crippen molar-refractivity contribution in [3.8, 4) is 0 Å². The Morgan fingerprint density at radius 2 is 0.969 bits per heavy atom. The second-order valence-electron chi connectivity index (χ2n) is 16.1. The van der Waals surface area contributed by atoms with Crippen LogP contribution in [0.15, 0.2) is 0 Å². The highest BCUT2D eigenvalue weighted by Crippen LogP contribution is 2.35. The number of rotatable bonds is 15. The van der Waals surface area contributed by atoms with Crippen molar-refractivity contribution in [2.75, 3.05) is 26.9 Å². The molecule has 0 aromatic carbocycles. The number of aliphatic hydroxyl groups is 12. The van der Waals surface area contributed by atoms with E-state index < -0.39 is 197 Å². The molecule has 5 saturated heterocycles. The van der Waals surface area contributed by atoms with Gasteiger partial charge in [-0.1, -0.05) is 0 Å². The van der Waals surface area contributed by atoms with Gasteiger partial charge in [-0.3, -0.25) is 14.4 Å². The minimum Gasteiger partial charge on any atom is -0.547 e. The molecule has 29 nitrogen and oxygen atoms in total. The van der Waals surface area contributed by atoms with Gasteiger partial charge in [0.25, 0.3) is 5.91 Å². The second kappa shape index (κ2) is 22.4. The fourth-order valence-electron chi connectivity index (χ4n) is 8.29. The Balaban J connectivity index is 1.39. The van der Waals surface area contributed by atoms with Gasteiger partial charge >= 0.3 is 0 Å². The number of amides is 3. The number of carboxylic acids is 1. The monoisotopic (exact) mass is 948 g/mol. The molecule has 5 heterocycles. The van der Waals surface area contributed by atoms with E-state index >= 15 is 0 Å². The number of ether oxygens (including phenoxy) is 9. The fraction of sp³-hybridized carbons (Fsp3) is 0.889. The third kappa shape index (κ3) is 11.3. The van der Waals surface area contributed by atoms with E-state index in [1.54, 1.807) is 0 Å². The lowest BCUT2D eigenvalue weighted by Crippen LogP contribution is -2.71. The number of methoxy groups -OCH3 is 1. The number of hydrogen-bond donors (Lipinski definition) is 15. The lowest BCUT2D eigenvalue weighted by atomic mass is 9.92. The quantitative estimate of drug-likeness (QED) is 0.0725. The van der Waals surface area contributed by atoms with Gasteiger partial charge in [-0.25, -0.2) is 0 Å². The summed E-state index contributed by atoms with van der Waals surface area (Å²) >= 11 is 0. The average molecular weight is 949 g/mol. The first-order chi connectivity index (χ1) is 30.6. The van der Waals surface area contributed by atoms with Gasteiger partial charge in [-0.2, -0.15) is 0 Å². The maximum Gasteiger partial charge on any atom is 0.252 e. The Morgan fingerprint density at radius 1 is 0.508 bits per heavy atom. The number of aliphatic carboxylic acids is 1. The van der Waals surface area contributed by atoms with Crippen LogP contribution in [-0.2, 0) is 61.8 Å². The van der Waals surface area contributed by atoms with E-state index in [2.05, 4.69) is 16.0 Å². The predicted octanol–water partition coefficient (Wildman–Crippen LogP) is -12.1. The van der Waals surface area contributed by atoms with Crippen LogP contribution in [0, 0.1) is 0 Å². The Hall–Kier alpha value is -2.96. The molecule has 5 rings (SSSR count). The molecule has 29 heteroatoms. The van der Waals surface area contributed by atoms with Crippen LogP contribution >= 0.6 is 0 Å². The van der Waals surface area contributed by atoms with E-state index in [9.17, 15) is 85.6 Å². The topological polar surface area (TPSA) is 453 Å². The fourth-order valence-corrected chi connectivity index (χ4v) is 8.29. The van der Waals surface area contributed by atoms with Crippen molar-refractivity contribution < 1.29 is 128 Å². The van der Waals surface area contributed by atoms with Crippen LogP contribution in [0.25, 0.3) is 0 Å². The third-order valence-electron chi connectivity index (χ3n) is 11.7. The first-order valence-corrected chi connectivity index (χ1v) is 20.4. The maximum absolute atomic E-state index is 13.6. The number of nitrogens with one attached hydrogen (secondary N) is 3. The maximum atomic E-state index is 13.6. The van der Waals surface area contributed by atoms with Gasteiger partial charge < -0.3 is 130 Å². The van der Waals surface area contributed by atoms with Gasteiger partial charge in [0, 0.05) is 21.0 Å². The van der Waals surface area contributed by atoms with Gasteiger partial charge in [-0.15, -0.1) is 0 Å². The van der Waals surface area contributed by atoms with E-state index in [0.717, 1.165) is 21.0 Å². The van der Waals surface area contributed by atoms with Crippen LogP contribution < -0.4 is 21.1 Å². The van der Waals surface area contributed by atoms with E-state index in [4.69, 9.17) is 42.6 Å². The Bertz CT molecular complexity index is 1620. The first-order valence-electron chi connectivity index (χ1n) is 20.4. The molecule has 0 bridgehead atoms. The number of aliphatic hydroxyl groups excluding tert-OH is 12. The van der Waals surface area contributed by atoms with E-state index in [1.807, 2.05) is 0 Å². The van der Waals surface area contributed by atoms with Crippen LogP contribution in [0.5, 0.6) is 0 Å². The summed E-state index contributed by atoms with van der Waals surface area (Å²) in [6.07, 6.45) is -42.0. The van der Waals surface area contributed by atoms with E-state index in [0.29, 0.717) is 0 Å². The molecular weight excluding hydrogens is 890 g/mol. The van der Waals surface area contributed by atoms with E-state index in [-0.39, 0.29) is 0 Å². The Labute approximate surface area is 368 Å². The van der Waals surface area contributed by atoms with Gasteiger partial charge in [0.15, 0.2) is 31.3 Å². The number of carbonyl (C=O) groups is 4. The minimum atomic E-state index is -2.40. The van der Waals surface area contributed by atoms with Crippen molar-refractivity contribution in [3.63, 3.8) is 0 Å². The summed E-state index contributed by atoms with van der Waals surface area (Å²) in [7, 11) is 1.01. The third-order valence-corrected chi connectivity index (χ3v) is 11.7. The molecule has 374 valence electrons. The van der Waals surface area contributed by atoms with Gasteiger partial charge in [0.05, 0.1) is 37.9 Å². The minimum absolute atomic E-state index is 0.619. The number of carbonyl (C=O) groups excluding carboxylic acids is 4. The summed E-state index contributed by atoms with van der Waals surface area (Å²) in [4.78, 5) is 50.8. The highest BCUT2D eigenvalue weighted by Gasteiger charge is 2.57. The molecule has 0 saturated carbocycles. The molecule has 5 aliphatic heterocycles. The van der Waals surface area contributed by atoms with Crippen LogP contribution in [0.3, 0.4) is 0 Å². The largest absolute Gasteiger partial charge is 0.547 e. The summed E-state index contributed by atoms with van der Waals surface area (Å²) < 4.78 is 50.0. The molecule has 5 aliphatic rings. The van der Waals surface area contributed by atoms with Crippen LogP contribution in [-0.4, -0.2) is 265 Å². The van der Waals surface area contributed by atoms with E-state index in [1.165, 1.54) is 6.92 Å². The van der Waals surface area contributed by atoms with Crippen molar-refractivity contribution in [3.05, 3.63) is 0 Å². The van der Waals surface area contributed by atoms with Crippen LogP contribution in [0.4, 0.5) is 0 Å². The zero-order chi connectivity index (χ0) is 48.3. The average Bonchev–Trinajstić information content (AvgIpc) is 3.25. The smallest absolute Gasteiger partial charge is 0.252 e. The molecule has 65 heavy (non-hydrogen) atoms. The molecule has 0 aliphatic carbocycles. The molecule has 15 N–H and O–H groups in total. The zero-order valence-electron chi connectivity index (χ0n) is 35.1. The summed E-state index contributed by atoms with van der Waals surface area (Å²) in [6.45, 7) is 0.937. The molecule has 0 spiro atoms. The molecule has 0 aromatic heterocycles. The molecular formula is C36H58N3O26-. The highest BCUT2D eigenvalue weighted by atomic mass is 16.8. The van der Waals surface area contributed by atoms with Gasteiger partial charge in [0.2, 0.25) is 11.8 Å². The summed E-state index contributed by atoms with van der Waals surface area (Å²) in [5.41, 5.74) is 0. The normalized spacial score (nSPS) is 47.0. The van der Waals surface area contributed by atoms with Gasteiger partial charge in [0.1, 0.15) is 110 Å². The second-order valence-corrected chi connectivity index (χ2v) is 16.1. The Kier molecular flexibility index (Phi) is 18.3. The lowest BCUT2D eigenvalue weighted by molar-refractivity contribution is -0.382. The number of hydrogen-bond acceptors (Lipinski definition) is 26.